The van der Waals surface area contributed by atoms with Gasteiger partial charge in [0.1, 0.15) is 0 Å². The first-order chi connectivity index (χ1) is 10.4. The molecule has 0 saturated heterocycles. The van der Waals surface area contributed by atoms with Gasteiger partial charge >= 0.3 is 0 Å². The summed E-state index contributed by atoms with van der Waals surface area (Å²) in [7, 11) is 1.63. The number of carbonyl (C=O) groups is 1. The van der Waals surface area contributed by atoms with Gasteiger partial charge in [0.15, 0.2) is 0 Å². The molecule has 2 aromatic rings. The average molecular weight is 339 g/mol. The van der Waals surface area contributed by atoms with Gasteiger partial charge in [-0.15, -0.1) is 0 Å². The first-order valence-corrected chi connectivity index (χ1v) is 7.08. The lowest BCUT2D eigenvalue weighted by Gasteiger charge is -2.18. The molecule has 0 atom stereocenters. The number of non-ortho nitro benzene ring substituents is 1. The van der Waals surface area contributed by atoms with Crippen LogP contribution in [0.3, 0.4) is 0 Å². The Morgan fingerprint density at radius 2 is 1.95 bits per heavy atom. The molecule has 0 fully saturated rings. The summed E-state index contributed by atoms with van der Waals surface area (Å²) in [5.74, 6) is -0.320. The van der Waals surface area contributed by atoms with E-state index in [1.54, 1.807) is 25.2 Å². The Bertz CT molecular complexity index is 734. The van der Waals surface area contributed by atoms with Crippen LogP contribution in [-0.4, -0.2) is 22.8 Å². The van der Waals surface area contributed by atoms with Crippen LogP contribution in [-0.2, 0) is 6.54 Å². The second-order valence-corrected chi connectivity index (χ2v) is 5.56. The van der Waals surface area contributed by atoms with Crippen molar-refractivity contribution in [2.24, 2.45) is 0 Å². The van der Waals surface area contributed by atoms with E-state index in [1.165, 1.54) is 23.1 Å². The summed E-state index contributed by atoms with van der Waals surface area (Å²) in [6, 6.07) is 11.0. The fourth-order valence-electron chi connectivity index (χ4n) is 1.98. The molecule has 0 aromatic heterocycles. The summed E-state index contributed by atoms with van der Waals surface area (Å²) in [4.78, 5) is 24.0. The van der Waals surface area contributed by atoms with E-state index in [1.807, 2.05) is 6.07 Å². The van der Waals surface area contributed by atoms with Gasteiger partial charge in [-0.2, -0.15) is 0 Å². The molecule has 0 aliphatic rings. The van der Waals surface area contributed by atoms with Gasteiger partial charge in [-0.1, -0.05) is 35.3 Å². The molecule has 22 heavy (non-hydrogen) atoms. The first kappa shape index (κ1) is 16.3. The number of amides is 1. The van der Waals surface area contributed by atoms with E-state index < -0.39 is 4.92 Å². The predicted octanol–water partition coefficient (Wildman–Crippen LogP) is 4.17. The van der Waals surface area contributed by atoms with Gasteiger partial charge in [-0.05, 0) is 23.8 Å². The molecule has 0 spiro atoms. The standard InChI is InChI=1S/C15H12Cl2N2O3/c1-18(9-10-3-2-4-11(16)7-10)15(20)13-6-5-12(19(21)22)8-14(13)17/h2-8H,9H2,1H3. The number of nitrogens with zero attached hydrogens (tertiary/aromatic N) is 2. The molecule has 0 aliphatic carbocycles. The van der Waals surface area contributed by atoms with Crippen LogP contribution in [0.2, 0.25) is 10.0 Å². The van der Waals surface area contributed by atoms with E-state index in [0.29, 0.717) is 11.6 Å². The average Bonchev–Trinajstić information content (AvgIpc) is 2.46. The molecule has 0 N–H and O–H groups in total. The van der Waals surface area contributed by atoms with Crippen LogP contribution in [0.15, 0.2) is 42.5 Å². The monoisotopic (exact) mass is 338 g/mol. The van der Waals surface area contributed by atoms with Crippen molar-refractivity contribution in [1.82, 2.24) is 4.90 Å². The quantitative estimate of drug-likeness (QED) is 0.620. The fourth-order valence-corrected chi connectivity index (χ4v) is 2.45. The Balaban J connectivity index is 2.18. The third-order valence-corrected chi connectivity index (χ3v) is 3.60. The fraction of sp³-hybridized carbons (Fsp3) is 0.133. The number of halogens is 2. The molecule has 5 nitrogen and oxygen atoms in total. The minimum absolute atomic E-state index is 0.0529. The molecule has 0 unspecified atom stereocenters. The van der Waals surface area contributed by atoms with Crippen LogP contribution in [0.25, 0.3) is 0 Å². The zero-order chi connectivity index (χ0) is 16.3. The van der Waals surface area contributed by atoms with Gasteiger partial charge in [0, 0.05) is 30.7 Å². The van der Waals surface area contributed by atoms with Crippen molar-refractivity contribution in [2.45, 2.75) is 6.54 Å². The van der Waals surface area contributed by atoms with Gasteiger partial charge in [-0.25, -0.2) is 0 Å². The van der Waals surface area contributed by atoms with Gasteiger partial charge in [0.25, 0.3) is 11.6 Å². The van der Waals surface area contributed by atoms with Crippen LogP contribution < -0.4 is 0 Å². The summed E-state index contributed by atoms with van der Waals surface area (Å²) in [6.45, 7) is 0.354. The molecule has 0 heterocycles. The maximum atomic E-state index is 12.4. The Morgan fingerprint density at radius 3 is 2.55 bits per heavy atom. The molecule has 114 valence electrons. The third-order valence-electron chi connectivity index (χ3n) is 3.05. The summed E-state index contributed by atoms with van der Waals surface area (Å²) in [5.41, 5.74) is 0.942. The van der Waals surface area contributed by atoms with E-state index in [2.05, 4.69) is 0 Å². The summed E-state index contributed by atoms with van der Waals surface area (Å²) < 4.78 is 0. The van der Waals surface area contributed by atoms with Crippen molar-refractivity contribution in [3.8, 4) is 0 Å². The van der Waals surface area contributed by atoms with Crippen molar-refractivity contribution in [3.05, 3.63) is 73.8 Å². The molecule has 1 amide bonds. The highest BCUT2D eigenvalue weighted by Gasteiger charge is 2.18. The van der Waals surface area contributed by atoms with Crippen molar-refractivity contribution in [3.63, 3.8) is 0 Å². The van der Waals surface area contributed by atoms with Crippen LogP contribution in [0.4, 0.5) is 5.69 Å². The zero-order valence-electron chi connectivity index (χ0n) is 11.6. The number of nitro groups is 1. The second kappa shape index (κ2) is 6.77. The zero-order valence-corrected chi connectivity index (χ0v) is 13.1. The second-order valence-electron chi connectivity index (χ2n) is 4.71. The van der Waals surface area contributed by atoms with Crippen LogP contribution in [0.5, 0.6) is 0 Å². The summed E-state index contributed by atoms with van der Waals surface area (Å²) in [5, 5.41) is 11.3. The highest BCUT2D eigenvalue weighted by atomic mass is 35.5. The highest BCUT2D eigenvalue weighted by molar-refractivity contribution is 6.34. The summed E-state index contributed by atoms with van der Waals surface area (Å²) in [6.07, 6.45) is 0. The molecule has 2 rings (SSSR count). The van der Waals surface area contributed by atoms with Gasteiger partial charge in [0.2, 0.25) is 0 Å². The third kappa shape index (κ3) is 3.75. The normalized spacial score (nSPS) is 10.3. The number of carbonyl (C=O) groups excluding carboxylic acids is 1. The smallest absolute Gasteiger partial charge is 0.270 e. The first-order valence-electron chi connectivity index (χ1n) is 6.32. The topological polar surface area (TPSA) is 63.5 Å². The van der Waals surface area contributed by atoms with E-state index >= 15 is 0 Å². The number of benzene rings is 2. The SMILES string of the molecule is CN(Cc1cccc(Cl)c1)C(=O)c1ccc([N+](=O)[O-])cc1Cl. The largest absolute Gasteiger partial charge is 0.337 e. The van der Waals surface area contributed by atoms with E-state index in [0.717, 1.165) is 5.56 Å². The lowest BCUT2D eigenvalue weighted by atomic mass is 10.1. The Morgan fingerprint density at radius 1 is 1.23 bits per heavy atom. The van der Waals surface area contributed by atoms with Gasteiger partial charge in [-0.3, -0.25) is 14.9 Å². The Hall–Kier alpha value is -2.11. The minimum atomic E-state index is -0.560. The van der Waals surface area contributed by atoms with Crippen molar-refractivity contribution >= 4 is 34.8 Å². The van der Waals surface area contributed by atoms with Crippen molar-refractivity contribution in [1.29, 1.82) is 0 Å². The van der Waals surface area contributed by atoms with E-state index in [4.69, 9.17) is 23.2 Å². The number of nitro benzene ring substituents is 1. The lowest BCUT2D eigenvalue weighted by Crippen LogP contribution is -2.26. The van der Waals surface area contributed by atoms with Gasteiger partial charge < -0.3 is 4.90 Å². The van der Waals surface area contributed by atoms with Crippen LogP contribution in [0.1, 0.15) is 15.9 Å². The Kier molecular flexibility index (Phi) is 5.00. The Labute approximate surface area is 137 Å². The molecule has 0 aliphatic heterocycles. The molecule has 0 radical (unpaired) electrons. The molecule has 7 heteroatoms. The van der Waals surface area contributed by atoms with E-state index in [9.17, 15) is 14.9 Å². The summed E-state index contributed by atoms with van der Waals surface area (Å²) >= 11 is 11.9. The van der Waals surface area contributed by atoms with Crippen LogP contribution >= 0.6 is 23.2 Å². The van der Waals surface area contributed by atoms with Crippen LogP contribution in [0, 0.1) is 10.1 Å². The molecular weight excluding hydrogens is 327 g/mol. The number of hydrogen-bond acceptors (Lipinski definition) is 3. The predicted molar refractivity (Wildman–Crippen MR) is 85.4 cm³/mol. The van der Waals surface area contributed by atoms with Crippen molar-refractivity contribution in [2.75, 3.05) is 7.05 Å². The number of hydrogen-bond donors (Lipinski definition) is 0. The molecular formula is C15H12Cl2N2O3. The van der Waals surface area contributed by atoms with E-state index in [-0.39, 0.29) is 22.2 Å². The van der Waals surface area contributed by atoms with Gasteiger partial charge in [0.05, 0.1) is 15.5 Å². The maximum absolute atomic E-state index is 12.4. The lowest BCUT2D eigenvalue weighted by molar-refractivity contribution is -0.384. The molecule has 0 saturated carbocycles. The molecule has 0 bridgehead atoms. The van der Waals surface area contributed by atoms with Crippen molar-refractivity contribution < 1.29 is 9.72 Å². The number of rotatable bonds is 4. The highest BCUT2D eigenvalue weighted by Crippen LogP contribution is 2.24. The molecule has 2 aromatic carbocycles. The maximum Gasteiger partial charge on any atom is 0.270 e. The minimum Gasteiger partial charge on any atom is -0.337 e.